The Morgan fingerprint density at radius 2 is 2.04 bits per heavy atom. The Morgan fingerprint density at radius 1 is 1.38 bits per heavy atom. The van der Waals surface area contributed by atoms with Crippen LogP contribution >= 0.6 is 0 Å². The molecule has 0 bridgehead atoms. The van der Waals surface area contributed by atoms with Gasteiger partial charge in [0.2, 0.25) is 8.32 Å². The highest BCUT2D eigenvalue weighted by Crippen LogP contribution is 2.43. The average Bonchev–Trinajstić information content (AvgIpc) is 2.85. The lowest BCUT2D eigenvalue weighted by atomic mass is 9.75. The van der Waals surface area contributed by atoms with Crippen LogP contribution in [0.4, 0.5) is 0 Å². The molecule has 0 aromatic carbocycles. The number of furan rings is 1. The molecule has 1 aliphatic rings. The average molecular weight is 349 g/mol. The van der Waals surface area contributed by atoms with Crippen molar-refractivity contribution < 1.29 is 8.84 Å². The monoisotopic (exact) mass is 348 g/mol. The zero-order chi connectivity index (χ0) is 18.2. The van der Waals surface area contributed by atoms with Crippen LogP contribution in [0, 0.1) is 5.92 Å². The molecule has 1 aromatic heterocycles. The molecule has 0 spiro atoms. The summed E-state index contributed by atoms with van der Waals surface area (Å²) in [6.45, 7) is 18.4. The first kappa shape index (κ1) is 19.4. The first-order valence-electron chi connectivity index (χ1n) is 9.42. The van der Waals surface area contributed by atoms with E-state index in [0.29, 0.717) is 5.92 Å². The van der Waals surface area contributed by atoms with Crippen molar-refractivity contribution in [1.29, 1.82) is 0 Å². The number of hydrogen-bond donors (Lipinski definition) is 0. The second-order valence-corrected chi connectivity index (χ2v) is 14.3. The summed E-state index contributed by atoms with van der Waals surface area (Å²) in [5.41, 5.74) is 1.33. The third kappa shape index (κ3) is 4.16. The van der Waals surface area contributed by atoms with E-state index in [1.807, 2.05) is 6.26 Å². The molecule has 24 heavy (non-hydrogen) atoms. The fraction of sp³-hybridized carbons (Fsp3) is 0.714. The lowest BCUT2D eigenvalue weighted by molar-refractivity contribution is 0.320. The van der Waals surface area contributed by atoms with Crippen LogP contribution in [0.1, 0.15) is 72.1 Å². The smallest absolute Gasteiger partial charge is 0.250 e. The van der Waals surface area contributed by atoms with E-state index in [0.717, 1.165) is 25.0 Å². The van der Waals surface area contributed by atoms with E-state index in [-0.39, 0.29) is 10.5 Å². The molecule has 0 unspecified atom stereocenters. The van der Waals surface area contributed by atoms with Crippen LogP contribution in [0.5, 0.6) is 0 Å². The van der Waals surface area contributed by atoms with Gasteiger partial charge in [-0.3, -0.25) is 0 Å². The summed E-state index contributed by atoms with van der Waals surface area (Å²) in [7, 11) is -1.83. The topological polar surface area (TPSA) is 22.4 Å². The highest BCUT2D eigenvalue weighted by Gasteiger charge is 2.40. The summed E-state index contributed by atoms with van der Waals surface area (Å²) in [6.07, 6.45) is 8.72. The van der Waals surface area contributed by atoms with Gasteiger partial charge in [0.1, 0.15) is 5.76 Å². The van der Waals surface area contributed by atoms with E-state index in [4.69, 9.17) is 8.84 Å². The fourth-order valence-corrected chi connectivity index (χ4v) is 4.40. The second kappa shape index (κ2) is 6.74. The van der Waals surface area contributed by atoms with Gasteiger partial charge < -0.3 is 8.84 Å². The molecule has 2 rings (SSSR count). The van der Waals surface area contributed by atoms with Crippen molar-refractivity contribution in [3.8, 4) is 0 Å². The van der Waals surface area contributed by atoms with Crippen LogP contribution in [0.3, 0.4) is 0 Å². The van der Waals surface area contributed by atoms with Crippen molar-refractivity contribution in [2.45, 2.75) is 90.8 Å². The molecule has 1 aromatic rings. The predicted molar refractivity (Wildman–Crippen MR) is 105 cm³/mol. The maximum absolute atomic E-state index is 6.73. The number of allylic oxidation sites excluding steroid dienone is 2. The summed E-state index contributed by atoms with van der Waals surface area (Å²) in [5.74, 6) is 2.90. The maximum atomic E-state index is 6.73. The Bertz CT molecular complexity index is 589. The summed E-state index contributed by atoms with van der Waals surface area (Å²) in [4.78, 5) is 0. The first-order chi connectivity index (χ1) is 10.9. The fourth-order valence-electron chi connectivity index (χ4n) is 3.30. The second-order valence-electron chi connectivity index (χ2n) is 9.62. The standard InChI is InChI=1S/C21H36O2Si/c1-16(2)14-18(23-24(7,8)20(3,4)5)15-21(6)12-9-10-17-11-13-22-19(17)21/h11,13,15-16H,9-10,12,14H2,1-8H3/b18-15+/t21-/m0/s1. The Balaban J connectivity index is 2.37. The lowest BCUT2D eigenvalue weighted by Gasteiger charge is -2.39. The van der Waals surface area contributed by atoms with Crippen molar-refractivity contribution in [3.05, 3.63) is 35.5 Å². The minimum Gasteiger partial charge on any atom is -0.547 e. The molecule has 3 heteroatoms. The minimum atomic E-state index is -1.83. The highest BCUT2D eigenvalue weighted by atomic mass is 28.4. The summed E-state index contributed by atoms with van der Waals surface area (Å²) in [5, 5.41) is 0.215. The van der Waals surface area contributed by atoms with Gasteiger partial charge in [0.25, 0.3) is 0 Å². The summed E-state index contributed by atoms with van der Waals surface area (Å²) in [6, 6.07) is 2.14. The Morgan fingerprint density at radius 3 is 2.62 bits per heavy atom. The lowest BCUT2D eigenvalue weighted by Crippen LogP contribution is -2.41. The van der Waals surface area contributed by atoms with E-state index in [1.165, 1.54) is 17.7 Å². The molecule has 0 saturated heterocycles. The van der Waals surface area contributed by atoms with E-state index in [9.17, 15) is 0 Å². The third-order valence-electron chi connectivity index (χ3n) is 5.69. The van der Waals surface area contributed by atoms with Crippen LogP contribution in [-0.4, -0.2) is 8.32 Å². The van der Waals surface area contributed by atoms with E-state index in [1.54, 1.807) is 0 Å². The molecular weight excluding hydrogens is 312 g/mol. The summed E-state index contributed by atoms with van der Waals surface area (Å²) >= 11 is 0. The van der Waals surface area contributed by atoms with Gasteiger partial charge in [0, 0.05) is 11.8 Å². The van der Waals surface area contributed by atoms with Crippen LogP contribution in [0.15, 0.2) is 28.6 Å². The SMILES string of the molecule is CC(C)C/C(=C\[C@]1(C)CCCc2ccoc21)O[Si](C)(C)C(C)(C)C. The van der Waals surface area contributed by atoms with Crippen molar-refractivity contribution in [2.24, 2.45) is 5.92 Å². The normalized spacial score (nSPS) is 22.6. The molecule has 0 radical (unpaired) electrons. The molecular formula is C21H36O2Si. The van der Waals surface area contributed by atoms with Gasteiger partial charge in [-0.25, -0.2) is 0 Å². The van der Waals surface area contributed by atoms with Gasteiger partial charge >= 0.3 is 0 Å². The molecule has 1 heterocycles. The van der Waals surface area contributed by atoms with Crippen LogP contribution in [0.2, 0.25) is 18.1 Å². The Kier molecular flexibility index (Phi) is 5.44. The molecule has 2 nitrogen and oxygen atoms in total. The van der Waals surface area contributed by atoms with Crippen molar-refractivity contribution >= 4 is 8.32 Å². The maximum Gasteiger partial charge on any atom is 0.250 e. The Labute approximate surface area is 149 Å². The van der Waals surface area contributed by atoms with Crippen LogP contribution < -0.4 is 0 Å². The van der Waals surface area contributed by atoms with Crippen LogP contribution in [0.25, 0.3) is 0 Å². The predicted octanol–water partition coefficient (Wildman–Crippen LogP) is 6.83. The van der Waals surface area contributed by atoms with Crippen molar-refractivity contribution in [3.63, 3.8) is 0 Å². The van der Waals surface area contributed by atoms with Crippen LogP contribution in [-0.2, 0) is 16.3 Å². The number of hydrogen-bond acceptors (Lipinski definition) is 2. The van der Waals surface area contributed by atoms with E-state index in [2.05, 4.69) is 66.8 Å². The third-order valence-corrected chi connectivity index (χ3v) is 10.1. The number of rotatable bonds is 5. The van der Waals surface area contributed by atoms with Gasteiger partial charge in [0.05, 0.1) is 12.0 Å². The quantitative estimate of drug-likeness (QED) is 0.430. The first-order valence-corrected chi connectivity index (χ1v) is 12.3. The van der Waals surface area contributed by atoms with Gasteiger partial charge in [0.15, 0.2) is 0 Å². The zero-order valence-electron chi connectivity index (χ0n) is 17.0. The molecule has 0 N–H and O–H groups in total. The highest BCUT2D eigenvalue weighted by molar-refractivity contribution is 6.74. The molecule has 0 aliphatic heterocycles. The molecule has 0 saturated carbocycles. The largest absolute Gasteiger partial charge is 0.547 e. The van der Waals surface area contributed by atoms with E-state index < -0.39 is 8.32 Å². The molecule has 1 atom stereocenters. The van der Waals surface area contributed by atoms with Gasteiger partial charge in [-0.2, -0.15) is 0 Å². The molecule has 136 valence electrons. The molecule has 1 aliphatic carbocycles. The molecule has 0 amide bonds. The van der Waals surface area contributed by atoms with Gasteiger partial charge in [-0.15, -0.1) is 0 Å². The van der Waals surface area contributed by atoms with Crippen molar-refractivity contribution in [1.82, 2.24) is 0 Å². The van der Waals surface area contributed by atoms with E-state index >= 15 is 0 Å². The minimum absolute atomic E-state index is 0.0380. The number of aryl methyl sites for hydroxylation is 1. The number of fused-ring (bicyclic) bond motifs is 1. The van der Waals surface area contributed by atoms with Gasteiger partial charge in [-0.05, 0) is 67.9 Å². The summed E-state index contributed by atoms with van der Waals surface area (Å²) < 4.78 is 12.6. The van der Waals surface area contributed by atoms with Crippen molar-refractivity contribution in [2.75, 3.05) is 0 Å². The zero-order valence-corrected chi connectivity index (χ0v) is 18.0. The molecule has 0 fully saturated rings. The van der Waals surface area contributed by atoms with Gasteiger partial charge in [-0.1, -0.05) is 34.6 Å². The Hall–Kier alpha value is -0.963.